The van der Waals surface area contributed by atoms with Crippen LogP contribution in [0.1, 0.15) is 61.8 Å². The zero-order valence-corrected chi connectivity index (χ0v) is 21.0. The number of aliphatic imine (C=N–C) groups is 1. The van der Waals surface area contributed by atoms with Gasteiger partial charge in [0.25, 0.3) is 5.91 Å². The van der Waals surface area contributed by atoms with E-state index in [1.54, 1.807) is 12.1 Å². The van der Waals surface area contributed by atoms with Gasteiger partial charge in [-0.15, -0.1) is 0 Å². The van der Waals surface area contributed by atoms with E-state index in [0.29, 0.717) is 23.5 Å². The van der Waals surface area contributed by atoms with Gasteiger partial charge in [0.1, 0.15) is 11.8 Å². The molecule has 184 valence electrons. The summed E-state index contributed by atoms with van der Waals surface area (Å²) in [6, 6.07) is 12.1. The third kappa shape index (κ3) is 5.58. The zero-order valence-electron chi connectivity index (χ0n) is 21.0. The normalized spacial score (nSPS) is 19.2. The molecule has 1 amide bonds. The molecule has 0 saturated carbocycles. The van der Waals surface area contributed by atoms with Crippen LogP contribution in [-0.2, 0) is 0 Å². The van der Waals surface area contributed by atoms with Crippen molar-refractivity contribution < 1.29 is 4.79 Å². The fourth-order valence-corrected chi connectivity index (χ4v) is 4.76. The first-order chi connectivity index (χ1) is 17.4. The van der Waals surface area contributed by atoms with E-state index in [1.165, 1.54) is 25.5 Å². The fraction of sp³-hybridized carbons (Fsp3) is 0.321. The second kappa shape index (κ2) is 11.1. The van der Waals surface area contributed by atoms with Gasteiger partial charge in [-0.05, 0) is 81.3 Å². The Kier molecular flexibility index (Phi) is 7.71. The van der Waals surface area contributed by atoms with Crippen LogP contribution in [0.15, 0.2) is 59.4 Å². The lowest BCUT2D eigenvalue weighted by atomic mass is 9.96. The van der Waals surface area contributed by atoms with Crippen molar-refractivity contribution in [3.05, 3.63) is 71.3 Å². The van der Waals surface area contributed by atoms with Crippen molar-refractivity contribution in [1.82, 2.24) is 20.1 Å². The number of pyridine rings is 1. The molecule has 2 aromatic heterocycles. The predicted molar refractivity (Wildman–Crippen MR) is 144 cm³/mol. The van der Waals surface area contributed by atoms with E-state index in [-0.39, 0.29) is 11.6 Å². The molecular weight excluding hydrogens is 450 g/mol. The van der Waals surface area contributed by atoms with Crippen molar-refractivity contribution in [3.8, 4) is 6.07 Å². The molecule has 0 unspecified atom stereocenters. The third-order valence-corrected chi connectivity index (χ3v) is 6.77. The maximum Gasteiger partial charge on any atom is 0.276 e. The average molecular weight is 482 g/mol. The van der Waals surface area contributed by atoms with Crippen molar-refractivity contribution in [1.29, 1.82) is 5.26 Å². The van der Waals surface area contributed by atoms with Crippen LogP contribution in [0.25, 0.3) is 16.5 Å². The molecule has 8 heteroatoms. The maximum absolute atomic E-state index is 12.9. The Morgan fingerprint density at radius 3 is 2.75 bits per heavy atom. The van der Waals surface area contributed by atoms with E-state index < -0.39 is 0 Å². The summed E-state index contributed by atoms with van der Waals surface area (Å²) in [6.45, 7) is 11.1. The number of nitriles is 1. The number of aromatic nitrogens is 3. The van der Waals surface area contributed by atoms with Gasteiger partial charge < -0.3 is 5.32 Å². The summed E-state index contributed by atoms with van der Waals surface area (Å²) in [6.07, 6.45) is 9.12. The number of rotatable bonds is 7. The van der Waals surface area contributed by atoms with Gasteiger partial charge in [0.05, 0.1) is 17.4 Å². The number of fused-ring (bicyclic) bond motifs is 1. The molecule has 1 aliphatic heterocycles. The molecule has 1 fully saturated rings. The molecule has 0 spiro atoms. The van der Waals surface area contributed by atoms with Crippen LogP contribution in [0.5, 0.6) is 0 Å². The van der Waals surface area contributed by atoms with Crippen molar-refractivity contribution in [2.45, 2.75) is 52.1 Å². The first-order valence-corrected chi connectivity index (χ1v) is 12.1. The number of nitrogens with one attached hydrogen (secondary N) is 2. The fourth-order valence-electron chi connectivity index (χ4n) is 4.76. The number of anilines is 1. The molecule has 4 rings (SSSR count). The van der Waals surface area contributed by atoms with Crippen molar-refractivity contribution in [2.75, 3.05) is 11.9 Å². The molecule has 8 nitrogen and oxygen atoms in total. The van der Waals surface area contributed by atoms with Gasteiger partial charge >= 0.3 is 0 Å². The van der Waals surface area contributed by atoms with E-state index in [0.717, 1.165) is 34.2 Å². The van der Waals surface area contributed by atoms with E-state index >= 15 is 0 Å². The zero-order chi connectivity index (χ0) is 25.7. The van der Waals surface area contributed by atoms with E-state index in [9.17, 15) is 4.79 Å². The molecule has 0 bridgehead atoms. The summed E-state index contributed by atoms with van der Waals surface area (Å²) >= 11 is 0. The number of carbonyl (C=O) groups is 1. The topological polar surface area (TPSA) is 110 Å². The first-order valence-electron chi connectivity index (χ1n) is 12.1. The Hall–Kier alpha value is -4.09. The molecule has 2 atom stereocenters. The number of carbonyl (C=O) groups excluding carboxylic acids is 1. The Balaban J connectivity index is 1.57. The molecule has 1 aliphatic rings. The molecule has 2 N–H and O–H groups in total. The van der Waals surface area contributed by atoms with Gasteiger partial charge in [-0.3, -0.25) is 19.8 Å². The number of amides is 1. The van der Waals surface area contributed by atoms with Crippen LogP contribution in [0.4, 0.5) is 5.69 Å². The smallest absolute Gasteiger partial charge is 0.276 e. The predicted octanol–water partition coefficient (Wildman–Crippen LogP) is 5.33. The highest BCUT2D eigenvalue weighted by molar-refractivity contribution is 6.11. The van der Waals surface area contributed by atoms with Crippen LogP contribution in [0.3, 0.4) is 0 Å². The number of nitrogens with zero attached hydrogens (tertiary/aromatic N) is 5. The minimum absolute atomic E-state index is 0.286. The van der Waals surface area contributed by atoms with Gasteiger partial charge in [-0.1, -0.05) is 18.6 Å². The Morgan fingerprint density at radius 1 is 1.31 bits per heavy atom. The van der Waals surface area contributed by atoms with Crippen molar-refractivity contribution in [3.63, 3.8) is 0 Å². The largest absolute Gasteiger partial charge is 0.319 e. The summed E-state index contributed by atoms with van der Waals surface area (Å²) in [7, 11) is 0. The Labute approximate surface area is 211 Å². The second-order valence-electron chi connectivity index (χ2n) is 9.35. The summed E-state index contributed by atoms with van der Waals surface area (Å²) in [4.78, 5) is 23.5. The van der Waals surface area contributed by atoms with Crippen LogP contribution in [0, 0.1) is 11.3 Å². The monoisotopic (exact) mass is 481 g/mol. The highest BCUT2D eigenvalue weighted by atomic mass is 16.1. The van der Waals surface area contributed by atoms with Crippen LogP contribution >= 0.6 is 0 Å². The quantitative estimate of drug-likeness (QED) is 0.350. The molecule has 1 aromatic carbocycles. The lowest BCUT2D eigenvalue weighted by Crippen LogP contribution is -2.44. The molecule has 3 aromatic rings. The molecule has 3 heterocycles. The number of hydrogen-bond donors (Lipinski definition) is 2. The van der Waals surface area contributed by atoms with E-state index in [2.05, 4.69) is 64.0 Å². The number of piperidine rings is 1. The average Bonchev–Trinajstić information content (AvgIpc) is 3.30. The van der Waals surface area contributed by atoms with Gasteiger partial charge in [-0.2, -0.15) is 10.4 Å². The molecule has 0 aliphatic carbocycles. The van der Waals surface area contributed by atoms with Gasteiger partial charge in [0.2, 0.25) is 0 Å². The number of likely N-dealkylation sites (tertiary alicyclic amines) is 1. The minimum atomic E-state index is -0.351. The lowest BCUT2D eigenvalue weighted by molar-refractivity contribution is 0.102. The third-order valence-electron chi connectivity index (χ3n) is 6.77. The van der Waals surface area contributed by atoms with Gasteiger partial charge in [0, 0.05) is 30.2 Å². The van der Waals surface area contributed by atoms with E-state index in [1.807, 2.05) is 30.5 Å². The summed E-state index contributed by atoms with van der Waals surface area (Å²) in [5.74, 6) is -0.351. The van der Waals surface area contributed by atoms with Crippen molar-refractivity contribution >= 4 is 34.8 Å². The second-order valence-corrected chi connectivity index (χ2v) is 9.35. The minimum Gasteiger partial charge on any atom is -0.319 e. The van der Waals surface area contributed by atoms with Gasteiger partial charge in [-0.25, -0.2) is 4.98 Å². The summed E-state index contributed by atoms with van der Waals surface area (Å²) < 4.78 is 0. The SMILES string of the molecule is C=N/C=C(\C=C(/C)c1ccc2[nH]nc(C(=O)Nc3ccc(C#N)nc3)c2c1)CN1[C@H](C)CCC[C@@H]1C. The van der Waals surface area contributed by atoms with Crippen molar-refractivity contribution in [2.24, 2.45) is 4.99 Å². The van der Waals surface area contributed by atoms with E-state index in [4.69, 9.17) is 5.26 Å². The van der Waals surface area contributed by atoms with Gasteiger partial charge in [0.15, 0.2) is 5.69 Å². The number of H-pyrrole nitrogens is 1. The Morgan fingerprint density at radius 2 is 2.08 bits per heavy atom. The molecular formula is C28H31N7O. The Bertz CT molecular complexity index is 1350. The van der Waals surface area contributed by atoms with Crippen LogP contribution in [-0.4, -0.2) is 51.3 Å². The number of benzene rings is 1. The maximum atomic E-state index is 12.9. The number of aromatic amines is 1. The standard InChI is InChI=1S/C28H31N7O/c1-18(12-21(15-30-4)17-35-19(2)6-5-7-20(35)3)22-8-11-26-25(13-22)27(34-33-26)28(36)32-24-10-9-23(14-29)31-16-24/h8-13,15-16,19-20H,4-7,17H2,1-3H3,(H,32,36)(H,33,34)/b18-12+,21-15+/t19-,20+. The van der Waals surface area contributed by atoms with Crippen LogP contribution < -0.4 is 5.32 Å². The number of allylic oxidation sites excluding steroid dienone is 1. The number of hydrogen-bond acceptors (Lipinski definition) is 6. The summed E-state index contributed by atoms with van der Waals surface area (Å²) in [5, 5.41) is 19.6. The summed E-state index contributed by atoms with van der Waals surface area (Å²) in [5.41, 5.74) is 5.00. The molecule has 0 radical (unpaired) electrons. The highest BCUT2D eigenvalue weighted by Gasteiger charge is 2.25. The first kappa shape index (κ1) is 25.0. The molecule has 36 heavy (non-hydrogen) atoms. The highest BCUT2D eigenvalue weighted by Crippen LogP contribution is 2.27. The van der Waals surface area contributed by atoms with Crippen LogP contribution in [0.2, 0.25) is 0 Å². The lowest BCUT2D eigenvalue weighted by Gasteiger charge is -2.39. The molecule has 1 saturated heterocycles.